The maximum Gasteiger partial charge on any atom is 0.315 e. The van der Waals surface area contributed by atoms with Gasteiger partial charge < -0.3 is 12.3 Å². The Labute approximate surface area is 175 Å². The average Bonchev–Trinajstić information content (AvgIpc) is 2.44. The molecule has 0 aromatic carbocycles. The van der Waals surface area contributed by atoms with Crippen molar-refractivity contribution in [3.8, 4) is 0 Å². The molecule has 0 fully saturated rings. The van der Waals surface area contributed by atoms with Gasteiger partial charge in [0.15, 0.2) is 16.6 Å². The van der Waals surface area contributed by atoms with Crippen molar-refractivity contribution in [2.24, 2.45) is 0 Å². The van der Waals surface area contributed by atoms with Gasteiger partial charge in [-0.25, -0.2) is 0 Å². The highest BCUT2D eigenvalue weighted by Crippen LogP contribution is 2.31. The smallest absolute Gasteiger partial charge is 0.315 e. The molecular formula is C20H50O3Si4. The Morgan fingerprint density at radius 3 is 1.04 bits per heavy atom. The van der Waals surface area contributed by atoms with Crippen LogP contribution in [-0.4, -0.2) is 33.8 Å². The summed E-state index contributed by atoms with van der Waals surface area (Å²) in [5, 5.41) is 0. The van der Waals surface area contributed by atoms with E-state index in [4.69, 9.17) is 12.3 Å². The highest BCUT2D eigenvalue weighted by molar-refractivity contribution is 6.89. The molecule has 2 atom stereocenters. The second-order valence-corrected chi connectivity index (χ2v) is 26.9. The molecule has 0 aliphatic heterocycles. The molecule has 0 aliphatic rings. The van der Waals surface area contributed by atoms with Crippen LogP contribution in [0.25, 0.3) is 0 Å². The molecule has 2 unspecified atom stereocenters. The molecule has 0 saturated carbocycles. The van der Waals surface area contributed by atoms with Gasteiger partial charge in [0.1, 0.15) is 0 Å². The second kappa shape index (κ2) is 12.4. The molecule has 3 nitrogen and oxygen atoms in total. The van der Waals surface area contributed by atoms with Gasteiger partial charge in [0, 0.05) is 0 Å². The highest BCUT2D eigenvalue weighted by atomic mass is 28.5. The Balaban J connectivity index is 5.27. The Kier molecular flexibility index (Phi) is 12.8. The van der Waals surface area contributed by atoms with Crippen LogP contribution in [0.5, 0.6) is 0 Å². The standard InChI is InChI=1S/C20H50O3Si4/c1-11-13-15-17-19-26(9,21-24(3,4)5)23-27(10,22-25(6,7)8)20-18-16-14-12-2/h11-20H2,1-10H3. The minimum absolute atomic E-state index is 1.11. The van der Waals surface area contributed by atoms with E-state index in [0.29, 0.717) is 0 Å². The van der Waals surface area contributed by atoms with Crippen LogP contribution >= 0.6 is 0 Å². The summed E-state index contributed by atoms with van der Waals surface area (Å²) in [5.74, 6) is 0. The van der Waals surface area contributed by atoms with Crippen molar-refractivity contribution in [2.75, 3.05) is 0 Å². The number of rotatable bonds is 16. The molecule has 0 saturated heterocycles. The lowest BCUT2D eigenvalue weighted by Crippen LogP contribution is -2.58. The molecule has 0 amide bonds. The van der Waals surface area contributed by atoms with E-state index in [1.807, 2.05) is 0 Å². The van der Waals surface area contributed by atoms with Crippen LogP contribution in [-0.2, 0) is 12.3 Å². The molecular weight excluding hydrogens is 401 g/mol. The van der Waals surface area contributed by atoms with Crippen molar-refractivity contribution in [3.63, 3.8) is 0 Å². The summed E-state index contributed by atoms with van der Waals surface area (Å²) in [6.45, 7) is 23.0. The Bertz CT molecular complexity index is 360. The SMILES string of the molecule is CCCCCC[Si](C)(O[Si](C)(C)C)O[Si](C)(CCCCCC)O[Si](C)(C)C. The Morgan fingerprint density at radius 1 is 0.444 bits per heavy atom. The van der Waals surface area contributed by atoms with Crippen LogP contribution in [0.4, 0.5) is 0 Å². The van der Waals surface area contributed by atoms with Gasteiger partial charge in [-0.1, -0.05) is 65.2 Å². The summed E-state index contributed by atoms with van der Waals surface area (Å²) in [6, 6.07) is 2.23. The first-order valence-corrected chi connectivity index (χ1v) is 23.2. The third-order valence-corrected chi connectivity index (χ3v) is 18.8. The molecule has 0 rings (SSSR count). The van der Waals surface area contributed by atoms with E-state index in [-0.39, 0.29) is 0 Å². The molecule has 0 radical (unpaired) electrons. The minimum Gasteiger partial charge on any atom is -0.437 e. The Morgan fingerprint density at radius 2 is 0.778 bits per heavy atom. The average molecular weight is 451 g/mol. The van der Waals surface area contributed by atoms with Gasteiger partial charge in [0.05, 0.1) is 0 Å². The van der Waals surface area contributed by atoms with E-state index in [9.17, 15) is 0 Å². The lowest BCUT2D eigenvalue weighted by molar-refractivity contribution is 0.313. The topological polar surface area (TPSA) is 27.7 Å². The summed E-state index contributed by atoms with van der Waals surface area (Å²) in [5.41, 5.74) is 0. The van der Waals surface area contributed by atoms with Gasteiger partial charge in [-0.15, -0.1) is 0 Å². The maximum absolute atomic E-state index is 7.04. The minimum atomic E-state index is -2.22. The third kappa shape index (κ3) is 15.3. The Hall–Kier alpha value is 0.748. The molecule has 27 heavy (non-hydrogen) atoms. The lowest BCUT2D eigenvalue weighted by atomic mass is 10.2. The van der Waals surface area contributed by atoms with Gasteiger partial charge in [-0.3, -0.25) is 0 Å². The first-order chi connectivity index (χ1) is 12.2. The normalized spacial score (nSPS) is 17.6. The van der Waals surface area contributed by atoms with Crippen molar-refractivity contribution >= 4 is 33.8 Å². The summed E-state index contributed by atoms with van der Waals surface area (Å²) < 4.78 is 20.6. The van der Waals surface area contributed by atoms with Crippen molar-refractivity contribution in [2.45, 2.75) is 130 Å². The van der Waals surface area contributed by atoms with Gasteiger partial charge >= 0.3 is 17.1 Å². The molecule has 0 aliphatic carbocycles. The summed E-state index contributed by atoms with van der Waals surface area (Å²) >= 11 is 0. The second-order valence-electron chi connectivity index (χ2n) is 10.4. The lowest BCUT2D eigenvalue weighted by Gasteiger charge is -2.43. The van der Waals surface area contributed by atoms with Gasteiger partial charge in [0.25, 0.3) is 0 Å². The van der Waals surface area contributed by atoms with Crippen LogP contribution in [0.1, 0.15) is 65.2 Å². The third-order valence-electron chi connectivity index (χ3n) is 4.44. The quantitative estimate of drug-likeness (QED) is 0.176. The molecule has 0 aromatic rings. The van der Waals surface area contributed by atoms with Crippen LogP contribution in [0.2, 0.25) is 64.5 Å². The predicted octanol–water partition coefficient (Wildman–Crippen LogP) is 8.01. The number of unbranched alkanes of at least 4 members (excludes halogenated alkanes) is 6. The molecule has 0 N–H and O–H groups in total. The molecule has 0 bridgehead atoms. The fraction of sp³-hybridized carbons (Fsp3) is 1.00. The first-order valence-electron chi connectivity index (χ1n) is 11.3. The maximum atomic E-state index is 7.04. The predicted molar refractivity (Wildman–Crippen MR) is 131 cm³/mol. The largest absolute Gasteiger partial charge is 0.437 e. The summed E-state index contributed by atoms with van der Waals surface area (Å²) in [4.78, 5) is 0. The van der Waals surface area contributed by atoms with Crippen LogP contribution in [0.3, 0.4) is 0 Å². The summed E-state index contributed by atoms with van der Waals surface area (Å²) in [6.07, 6.45) is 10.2. The van der Waals surface area contributed by atoms with Crippen molar-refractivity contribution in [3.05, 3.63) is 0 Å². The van der Waals surface area contributed by atoms with Crippen molar-refractivity contribution < 1.29 is 12.3 Å². The summed E-state index contributed by atoms with van der Waals surface area (Å²) in [7, 11) is -7.73. The zero-order valence-corrected chi connectivity index (χ0v) is 24.3. The molecule has 0 aromatic heterocycles. The molecule has 0 spiro atoms. The number of hydrogen-bond acceptors (Lipinski definition) is 3. The van der Waals surface area contributed by atoms with E-state index in [1.165, 1.54) is 51.4 Å². The van der Waals surface area contributed by atoms with E-state index >= 15 is 0 Å². The van der Waals surface area contributed by atoms with Crippen LogP contribution < -0.4 is 0 Å². The highest BCUT2D eigenvalue weighted by Gasteiger charge is 2.46. The van der Waals surface area contributed by atoms with Gasteiger partial charge in [-0.05, 0) is 64.5 Å². The van der Waals surface area contributed by atoms with Crippen molar-refractivity contribution in [1.29, 1.82) is 0 Å². The van der Waals surface area contributed by atoms with Crippen LogP contribution in [0.15, 0.2) is 0 Å². The monoisotopic (exact) mass is 450 g/mol. The van der Waals surface area contributed by atoms with Gasteiger partial charge in [-0.2, -0.15) is 0 Å². The molecule has 0 heterocycles. The molecule has 164 valence electrons. The molecule has 7 heteroatoms. The van der Waals surface area contributed by atoms with E-state index in [2.05, 4.69) is 66.2 Å². The van der Waals surface area contributed by atoms with E-state index in [0.717, 1.165) is 12.1 Å². The van der Waals surface area contributed by atoms with Gasteiger partial charge in [0.2, 0.25) is 0 Å². The zero-order chi connectivity index (χ0) is 21.2. The van der Waals surface area contributed by atoms with Crippen molar-refractivity contribution in [1.82, 2.24) is 0 Å². The first kappa shape index (κ1) is 27.7. The number of hydrogen-bond donors (Lipinski definition) is 0. The fourth-order valence-corrected chi connectivity index (χ4v) is 22.3. The fourth-order valence-electron chi connectivity index (χ4n) is 3.74. The van der Waals surface area contributed by atoms with E-state index in [1.54, 1.807) is 0 Å². The van der Waals surface area contributed by atoms with E-state index < -0.39 is 33.8 Å². The zero-order valence-electron chi connectivity index (χ0n) is 20.3. The van der Waals surface area contributed by atoms with Crippen LogP contribution in [0, 0.1) is 0 Å².